The normalized spacial score (nSPS) is 8.83. The first-order valence-corrected chi connectivity index (χ1v) is 4.60. The van der Waals surface area contributed by atoms with E-state index in [1.165, 1.54) is 0 Å². The molecule has 0 amide bonds. The predicted octanol–water partition coefficient (Wildman–Crippen LogP) is 2.75. The van der Waals surface area contributed by atoms with Crippen molar-refractivity contribution in [3.63, 3.8) is 0 Å². The van der Waals surface area contributed by atoms with Crippen molar-refractivity contribution in [2.75, 3.05) is 5.88 Å². The molecule has 1 N–H and O–H groups in total. The molecule has 0 atom stereocenters. The number of hydrogen-bond acceptors (Lipinski definition) is 1. The summed E-state index contributed by atoms with van der Waals surface area (Å²) in [5.41, 5.74) is 0.588. The van der Waals surface area contributed by atoms with Crippen LogP contribution in [0.2, 0.25) is 0 Å². The summed E-state index contributed by atoms with van der Waals surface area (Å²) in [6.07, 6.45) is 0. The molecule has 0 aliphatic heterocycles. The lowest BCUT2D eigenvalue weighted by atomic mass is 10.2. The van der Waals surface area contributed by atoms with Crippen molar-refractivity contribution < 1.29 is 5.11 Å². The van der Waals surface area contributed by atoms with Crippen molar-refractivity contribution in [2.24, 2.45) is 0 Å². The smallest absolute Gasteiger partial charge is 0.131 e. The van der Waals surface area contributed by atoms with Gasteiger partial charge in [0, 0.05) is 4.47 Å². The van der Waals surface area contributed by atoms with Crippen LogP contribution in [0.25, 0.3) is 0 Å². The molecular formula is C9H6BrClO. The zero-order valence-electron chi connectivity index (χ0n) is 6.14. The number of aromatic hydroxyl groups is 1. The van der Waals surface area contributed by atoms with Crippen LogP contribution < -0.4 is 0 Å². The van der Waals surface area contributed by atoms with Crippen molar-refractivity contribution >= 4 is 27.5 Å². The van der Waals surface area contributed by atoms with Gasteiger partial charge in [-0.3, -0.25) is 0 Å². The van der Waals surface area contributed by atoms with E-state index in [-0.39, 0.29) is 11.6 Å². The average Bonchev–Trinajstić information content (AvgIpc) is 2.07. The maximum absolute atomic E-state index is 9.30. The van der Waals surface area contributed by atoms with Crippen molar-refractivity contribution in [1.82, 2.24) is 0 Å². The molecule has 0 spiro atoms. The van der Waals surface area contributed by atoms with Gasteiger partial charge in [-0.2, -0.15) is 0 Å². The molecule has 1 nitrogen and oxygen atoms in total. The monoisotopic (exact) mass is 244 g/mol. The van der Waals surface area contributed by atoms with Gasteiger partial charge in [0.2, 0.25) is 0 Å². The van der Waals surface area contributed by atoms with Crippen LogP contribution in [0.15, 0.2) is 22.7 Å². The molecule has 1 aromatic carbocycles. The van der Waals surface area contributed by atoms with E-state index in [0.29, 0.717) is 5.56 Å². The fourth-order valence-corrected chi connectivity index (χ4v) is 1.16. The summed E-state index contributed by atoms with van der Waals surface area (Å²) in [5.74, 6) is 5.86. The lowest BCUT2D eigenvalue weighted by Crippen LogP contribution is -1.76. The van der Waals surface area contributed by atoms with Gasteiger partial charge in [0.15, 0.2) is 0 Å². The number of alkyl halides is 1. The molecule has 0 radical (unpaired) electrons. The fourth-order valence-electron chi connectivity index (χ4n) is 0.737. The molecule has 12 heavy (non-hydrogen) atoms. The highest BCUT2D eigenvalue weighted by Crippen LogP contribution is 2.20. The Morgan fingerprint density at radius 1 is 1.50 bits per heavy atom. The molecule has 1 rings (SSSR count). The number of phenolic OH excluding ortho intramolecular Hbond substituents is 1. The number of halogens is 2. The lowest BCUT2D eigenvalue weighted by Gasteiger charge is -1.96. The lowest BCUT2D eigenvalue weighted by molar-refractivity contribution is 0.473. The van der Waals surface area contributed by atoms with E-state index in [4.69, 9.17) is 11.6 Å². The van der Waals surface area contributed by atoms with Gasteiger partial charge >= 0.3 is 0 Å². The summed E-state index contributed by atoms with van der Waals surface area (Å²) in [7, 11) is 0. The Labute approximate surface area is 84.5 Å². The van der Waals surface area contributed by atoms with E-state index in [0.717, 1.165) is 4.47 Å². The van der Waals surface area contributed by atoms with Crippen molar-refractivity contribution in [1.29, 1.82) is 0 Å². The molecule has 0 saturated heterocycles. The Morgan fingerprint density at radius 3 is 2.92 bits per heavy atom. The molecule has 62 valence electrons. The van der Waals surface area contributed by atoms with Gasteiger partial charge in [-0.25, -0.2) is 0 Å². The Bertz CT molecular complexity index is 338. The molecule has 0 saturated carbocycles. The van der Waals surface area contributed by atoms with Gasteiger partial charge in [0.05, 0.1) is 11.4 Å². The van der Waals surface area contributed by atoms with Crippen LogP contribution in [-0.2, 0) is 0 Å². The maximum atomic E-state index is 9.30. The third kappa shape index (κ3) is 2.44. The van der Waals surface area contributed by atoms with Crippen LogP contribution in [0.5, 0.6) is 5.75 Å². The van der Waals surface area contributed by atoms with Gasteiger partial charge in [0.1, 0.15) is 5.75 Å². The van der Waals surface area contributed by atoms with E-state index in [1.807, 2.05) is 0 Å². The molecular weight excluding hydrogens is 239 g/mol. The predicted molar refractivity (Wildman–Crippen MR) is 53.4 cm³/mol. The molecule has 0 bridgehead atoms. The molecule has 3 heteroatoms. The molecule has 1 aromatic rings. The number of benzene rings is 1. The quantitative estimate of drug-likeness (QED) is 0.550. The first-order chi connectivity index (χ1) is 5.74. The summed E-state index contributed by atoms with van der Waals surface area (Å²) in [6.45, 7) is 0. The molecule has 0 aliphatic carbocycles. The van der Waals surface area contributed by atoms with Crippen LogP contribution in [0.1, 0.15) is 5.56 Å². The van der Waals surface area contributed by atoms with Gasteiger partial charge < -0.3 is 5.11 Å². The summed E-state index contributed by atoms with van der Waals surface area (Å²) in [4.78, 5) is 0. The third-order valence-electron chi connectivity index (χ3n) is 1.25. The highest BCUT2D eigenvalue weighted by molar-refractivity contribution is 9.10. The topological polar surface area (TPSA) is 20.2 Å². The van der Waals surface area contributed by atoms with Gasteiger partial charge in [0.25, 0.3) is 0 Å². The summed E-state index contributed by atoms with van der Waals surface area (Å²) in [5, 5.41) is 9.30. The molecule has 0 unspecified atom stereocenters. The number of phenols is 1. The molecule has 0 heterocycles. The van der Waals surface area contributed by atoms with Gasteiger partial charge in [-0.05, 0) is 18.2 Å². The highest BCUT2D eigenvalue weighted by atomic mass is 79.9. The van der Waals surface area contributed by atoms with Crippen LogP contribution in [0.3, 0.4) is 0 Å². The van der Waals surface area contributed by atoms with E-state index >= 15 is 0 Å². The molecule has 0 aromatic heterocycles. The largest absolute Gasteiger partial charge is 0.507 e. The van der Waals surface area contributed by atoms with E-state index < -0.39 is 0 Å². The zero-order chi connectivity index (χ0) is 8.97. The Kier molecular flexibility index (Phi) is 3.46. The van der Waals surface area contributed by atoms with E-state index in [1.54, 1.807) is 18.2 Å². The standard InChI is InChI=1S/C9H6BrClO/c10-8-3-4-9(12)7(6-8)2-1-5-11/h3-4,6,12H,5H2. The zero-order valence-corrected chi connectivity index (χ0v) is 8.48. The number of rotatable bonds is 0. The van der Waals surface area contributed by atoms with Gasteiger partial charge in [-0.15, -0.1) is 11.6 Å². The SMILES string of the molecule is Oc1ccc(Br)cc1C#CCCl. The second-order valence-corrected chi connectivity index (χ2v) is 3.28. The average molecular weight is 246 g/mol. The van der Waals surface area contributed by atoms with Crippen molar-refractivity contribution in [3.8, 4) is 17.6 Å². The van der Waals surface area contributed by atoms with Crippen molar-refractivity contribution in [2.45, 2.75) is 0 Å². The minimum atomic E-state index is 0.177. The number of hydrogen-bond donors (Lipinski definition) is 1. The van der Waals surface area contributed by atoms with Crippen LogP contribution in [0.4, 0.5) is 0 Å². The second kappa shape index (κ2) is 4.39. The molecule has 0 aliphatic rings. The van der Waals surface area contributed by atoms with Crippen LogP contribution >= 0.6 is 27.5 Å². The third-order valence-corrected chi connectivity index (χ3v) is 1.88. The van der Waals surface area contributed by atoms with Gasteiger partial charge in [-0.1, -0.05) is 27.8 Å². The Balaban J connectivity index is 3.05. The van der Waals surface area contributed by atoms with Crippen LogP contribution in [-0.4, -0.2) is 11.0 Å². The second-order valence-electron chi connectivity index (χ2n) is 2.10. The van der Waals surface area contributed by atoms with Crippen LogP contribution in [0, 0.1) is 11.8 Å². The van der Waals surface area contributed by atoms with Crippen molar-refractivity contribution in [3.05, 3.63) is 28.2 Å². The molecule has 0 fully saturated rings. The Morgan fingerprint density at radius 2 is 2.25 bits per heavy atom. The van der Waals surface area contributed by atoms with E-state index in [2.05, 4.69) is 27.8 Å². The Hall–Kier alpha value is -0.650. The summed E-state index contributed by atoms with van der Waals surface area (Å²) in [6, 6.07) is 5.08. The summed E-state index contributed by atoms with van der Waals surface area (Å²) >= 11 is 8.65. The maximum Gasteiger partial charge on any atom is 0.131 e. The van der Waals surface area contributed by atoms with E-state index in [9.17, 15) is 5.11 Å². The summed E-state index contributed by atoms with van der Waals surface area (Å²) < 4.78 is 0.888. The fraction of sp³-hybridized carbons (Fsp3) is 0.111. The minimum Gasteiger partial charge on any atom is -0.507 e. The first-order valence-electron chi connectivity index (χ1n) is 3.27. The minimum absolute atomic E-state index is 0.177. The highest BCUT2D eigenvalue weighted by Gasteiger charge is 1.96. The first kappa shape index (κ1) is 9.44.